The predicted molar refractivity (Wildman–Crippen MR) is 154 cm³/mol. The van der Waals surface area contributed by atoms with Gasteiger partial charge in [-0.3, -0.25) is 0 Å². The molecule has 0 fully saturated rings. The molecule has 36 heavy (non-hydrogen) atoms. The normalized spacial score (nSPS) is 12.4. The van der Waals surface area contributed by atoms with Crippen molar-refractivity contribution in [3.05, 3.63) is 179 Å². The summed E-state index contributed by atoms with van der Waals surface area (Å²) in [4.78, 5) is 0. The lowest BCUT2D eigenvalue weighted by molar-refractivity contribution is 0.677. The highest BCUT2D eigenvalue weighted by Gasteiger charge is 2.41. The van der Waals surface area contributed by atoms with Crippen LogP contribution in [-0.4, -0.2) is 0 Å². The Morgan fingerprint density at radius 2 is 0.972 bits per heavy atom. The monoisotopic (exact) mass is 480 g/mol. The van der Waals surface area contributed by atoms with Crippen molar-refractivity contribution in [2.45, 2.75) is 16.4 Å². The third-order valence-electron chi connectivity index (χ3n) is 6.35. The maximum Gasteiger partial charge on any atom is 0.113 e. The summed E-state index contributed by atoms with van der Waals surface area (Å²) in [7, 11) is 0. The van der Waals surface area contributed by atoms with Gasteiger partial charge in [0.1, 0.15) is 4.75 Å². The van der Waals surface area contributed by atoms with Crippen LogP contribution in [0.25, 0.3) is 0 Å². The van der Waals surface area contributed by atoms with Crippen LogP contribution < -0.4 is 0 Å². The fraction of sp³-hybridized carbons (Fsp3) is 0.0857. The summed E-state index contributed by atoms with van der Waals surface area (Å²) in [6, 6.07) is 53.5. The first-order valence-corrected chi connectivity index (χ1v) is 13.3. The van der Waals surface area contributed by atoms with Gasteiger partial charge in [0.2, 0.25) is 0 Å². The van der Waals surface area contributed by atoms with Gasteiger partial charge >= 0.3 is 0 Å². The van der Waals surface area contributed by atoms with Gasteiger partial charge in [0.05, 0.1) is 0 Å². The van der Waals surface area contributed by atoms with E-state index in [4.69, 9.17) is 0 Å². The molecule has 5 rings (SSSR count). The summed E-state index contributed by atoms with van der Waals surface area (Å²) < 4.78 is -0.518. The molecule has 5 aromatic rings. The average Bonchev–Trinajstić information content (AvgIpc) is 2.97. The molecule has 0 nitrogen and oxygen atoms in total. The van der Waals surface area contributed by atoms with E-state index in [1.807, 2.05) is 17.8 Å². The SMILES string of the molecule is C(#CC(SCc1ccccc1)(c1ccccc1)C(c1ccccc1)c1ccccc1)c1ccccc1. The molecule has 0 bridgehead atoms. The van der Waals surface area contributed by atoms with E-state index >= 15 is 0 Å². The first kappa shape index (κ1) is 23.7. The van der Waals surface area contributed by atoms with Crippen molar-refractivity contribution in [2.75, 3.05) is 0 Å². The Kier molecular flexibility index (Phi) is 7.67. The molecule has 174 valence electrons. The number of thioether (sulfide) groups is 1. The highest BCUT2D eigenvalue weighted by Crippen LogP contribution is 2.52. The van der Waals surface area contributed by atoms with Gasteiger partial charge in [0, 0.05) is 17.2 Å². The highest BCUT2D eigenvalue weighted by molar-refractivity contribution is 7.99. The molecule has 0 saturated carbocycles. The van der Waals surface area contributed by atoms with Gasteiger partial charge in [-0.25, -0.2) is 0 Å². The molecule has 0 radical (unpaired) electrons. The topological polar surface area (TPSA) is 0 Å². The van der Waals surface area contributed by atoms with Crippen LogP contribution in [0.4, 0.5) is 0 Å². The largest absolute Gasteiger partial charge is 0.131 e. The number of benzene rings is 5. The van der Waals surface area contributed by atoms with Crippen LogP contribution in [0.15, 0.2) is 152 Å². The van der Waals surface area contributed by atoms with E-state index in [2.05, 4.69) is 157 Å². The molecule has 0 N–H and O–H groups in total. The van der Waals surface area contributed by atoms with Crippen LogP contribution in [0.2, 0.25) is 0 Å². The summed E-state index contributed by atoms with van der Waals surface area (Å²) in [5.41, 5.74) is 6.06. The predicted octanol–water partition coefficient (Wildman–Crippen LogP) is 8.70. The van der Waals surface area contributed by atoms with Gasteiger partial charge in [0.15, 0.2) is 0 Å². The molecular weight excluding hydrogens is 452 g/mol. The van der Waals surface area contributed by atoms with Gasteiger partial charge in [0.25, 0.3) is 0 Å². The van der Waals surface area contributed by atoms with E-state index in [0.29, 0.717) is 0 Å². The summed E-state index contributed by atoms with van der Waals surface area (Å²) in [5, 5.41) is 0. The lowest BCUT2D eigenvalue weighted by atomic mass is 9.76. The Morgan fingerprint density at radius 3 is 1.50 bits per heavy atom. The van der Waals surface area contributed by atoms with Crippen molar-refractivity contribution in [1.82, 2.24) is 0 Å². The smallest absolute Gasteiger partial charge is 0.113 e. The first-order chi connectivity index (χ1) is 17.9. The van der Waals surface area contributed by atoms with Crippen molar-refractivity contribution in [3.8, 4) is 11.8 Å². The second-order valence-corrected chi connectivity index (χ2v) is 9.97. The Morgan fingerprint density at radius 1 is 0.528 bits per heavy atom. The molecule has 1 unspecified atom stereocenters. The second-order valence-electron chi connectivity index (χ2n) is 8.75. The minimum absolute atomic E-state index is 0.0345. The molecular formula is C35H28S. The van der Waals surface area contributed by atoms with E-state index in [1.165, 1.54) is 22.3 Å². The lowest BCUT2D eigenvalue weighted by Crippen LogP contribution is -2.30. The van der Waals surface area contributed by atoms with E-state index in [0.717, 1.165) is 11.3 Å². The maximum absolute atomic E-state index is 3.85. The van der Waals surface area contributed by atoms with Gasteiger partial charge < -0.3 is 0 Å². The number of hydrogen-bond acceptors (Lipinski definition) is 1. The average molecular weight is 481 g/mol. The van der Waals surface area contributed by atoms with Crippen LogP contribution in [0.1, 0.15) is 33.7 Å². The highest BCUT2D eigenvalue weighted by atomic mass is 32.2. The number of hydrogen-bond donors (Lipinski definition) is 0. The second kappa shape index (κ2) is 11.6. The van der Waals surface area contributed by atoms with Crippen molar-refractivity contribution in [3.63, 3.8) is 0 Å². The maximum atomic E-state index is 3.85. The van der Waals surface area contributed by atoms with Crippen LogP contribution in [0.3, 0.4) is 0 Å². The van der Waals surface area contributed by atoms with Crippen molar-refractivity contribution in [2.24, 2.45) is 0 Å². The minimum atomic E-state index is -0.518. The standard InChI is InChI=1S/C35H28S/c1-6-16-29(17-7-1)26-27-35(33-24-14-5-15-25-33,36-28-30-18-8-2-9-19-30)34(31-20-10-3-11-21-31)32-22-12-4-13-23-32/h1-25,34H,28H2. The molecule has 1 atom stereocenters. The van der Waals surface area contributed by atoms with Crippen LogP contribution in [0.5, 0.6) is 0 Å². The third kappa shape index (κ3) is 5.46. The molecule has 0 aliphatic heterocycles. The Labute approximate surface area is 219 Å². The van der Waals surface area contributed by atoms with Crippen molar-refractivity contribution in [1.29, 1.82) is 0 Å². The quantitative estimate of drug-likeness (QED) is 0.210. The van der Waals surface area contributed by atoms with Gasteiger partial charge in [-0.1, -0.05) is 151 Å². The molecule has 5 aromatic carbocycles. The molecule has 0 saturated heterocycles. The van der Waals surface area contributed by atoms with Gasteiger partial charge in [-0.05, 0) is 34.4 Å². The van der Waals surface area contributed by atoms with Gasteiger partial charge in [-0.15, -0.1) is 11.8 Å². The van der Waals surface area contributed by atoms with Gasteiger partial charge in [-0.2, -0.15) is 0 Å². The molecule has 0 spiro atoms. The van der Waals surface area contributed by atoms with Crippen LogP contribution in [0, 0.1) is 11.8 Å². The fourth-order valence-corrected chi connectivity index (χ4v) is 6.06. The third-order valence-corrected chi connectivity index (χ3v) is 7.86. The van der Waals surface area contributed by atoms with E-state index < -0.39 is 4.75 Å². The van der Waals surface area contributed by atoms with Crippen LogP contribution >= 0.6 is 11.8 Å². The zero-order chi connectivity index (χ0) is 24.5. The minimum Gasteiger partial charge on any atom is -0.131 e. The summed E-state index contributed by atoms with van der Waals surface area (Å²) in [6.07, 6.45) is 0. The molecule has 1 heteroatoms. The zero-order valence-electron chi connectivity index (χ0n) is 20.1. The molecule has 0 aromatic heterocycles. The Hall–Kier alpha value is -3.99. The zero-order valence-corrected chi connectivity index (χ0v) is 20.9. The first-order valence-electron chi connectivity index (χ1n) is 12.3. The fourth-order valence-electron chi connectivity index (χ4n) is 4.61. The van der Waals surface area contributed by atoms with Crippen molar-refractivity contribution >= 4 is 11.8 Å². The summed E-state index contributed by atoms with van der Waals surface area (Å²) in [6.45, 7) is 0. The molecule has 0 heterocycles. The van der Waals surface area contributed by atoms with E-state index in [1.54, 1.807) is 0 Å². The van der Waals surface area contributed by atoms with Crippen molar-refractivity contribution < 1.29 is 0 Å². The molecule has 0 aliphatic rings. The van der Waals surface area contributed by atoms with Crippen LogP contribution in [-0.2, 0) is 10.5 Å². The Bertz CT molecular complexity index is 1360. The Balaban J connectivity index is 1.76. The lowest BCUT2D eigenvalue weighted by Gasteiger charge is -2.38. The summed E-state index contributed by atoms with van der Waals surface area (Å²) >= 11 is 1.92. The summed E-state index contributed by atoms with van der Waals surface area (Å²) in [5.74, 6) is 8.31. The van der Waals surface area contributed by atoms with E-state index in [-0.39, 0.29) is 5.92 Å². The molecule has 0 aliphatic carbocycles. The molecule has 0 amide bonds. The number of rotatable bonds is 7. The van der Waals surface area contributed by atoms with E-state index in [9.17, 15) is 0 Å².